The number of nitrogens with one attached hydrogen (secondary N) is 1. The first kappa shape index (κ1) is 15.4. The lowest BCUT2D eigenvalue weighted by Crippen LogP contribution is -2.15. The third-order valence-electron chi connectivity index (χ3n) is 3.06. The van der Waals surface area contributed by atoms with Gasteiger partial charge >= 0.3 is 6.18 Å². The molecule has 114 valence electrons. The molecule has 0 aliphatic rings. The highest BCUT2D eigenvalue weighted by molar-refractivity contribution is 5.27. The third-order valence-corrected chi connectivity index (χ3v) is 3.06. The monoisotopic (exact) mass is 299 g/mol. The summed E-state index contributed by atoms with van der Waals surface area (Å²) in [6.45, 7) is 0.863. The van der Waals surface area contributed by atoms with E-state index in [2.05, 4.69) is 10.4 Å². The highest BCUT2D eigenvalue weighted by atomic mass is 19.4. The molecule has 1 heterocycles. The summed E-state index contributed by atoms with van der Waals surface area (Å²) in [5.74, 6) is 0.764. The van der Waals surface area contributed by atoms with Crippen LogP contribution in [0.1, 0.15) is 17.0 Å². The van der Waals surface area contributed by atoms with E-state index in [0.29, 0.717) is 18.8 Å². The van der Waals surface area contributed by atoms with Crippen molar-refractivity contribution in [3.63, 3.8) is 0 Å². The predicted molar refractivity (Wildman–Crippen MR) is 71.7 cm³/mol. The second kappa shape index (κ2) is 6.17. The van der Waals surface area contributed by atoms with Gasteiger partial charge < -0.3 is 10.1 Å². The molecule has 2 rings (SSSR count). The van der Waals surface area contributed by atoms with E-state index in [-0.39, 0.29) is 0 Å². The van der Waals surface area contributed by atoms with Crippen LogP contribution in [0.3, 0.4) is 0 Å². The second-order valence-corrected chi connectivity index (χ2v) is 4.59. The highest BCUT2D eigenvalue weighted by Gasteiger charge is 2.34. The van der Waals surface area contributed by atoms with Gasteiger partial charge in [-0.05, 0) is 23.8 Å². The fourth-order valence-corrected chi connectivity index (χ4v) is 1.89. The van der Waals surface area contributed by atoms with E-state index in [1.807, 2.05) is 24.3 Å². The Balaban J connectivity index is 1.92. The molecule has 2 aromatic rings. The standard InChI is InChI=1S/C14H16F3N3O/c1-20-11(7-13(19-20)14(15,16)17)9-18-8-10-3-5-12(21-2)6-4-10/h3-7,18H,8-9H2,1-2H3. The minimum Gasteiger partial charge on any atom is -0.497 e. The van der Waals surface area contributed by atoms with Gasteiger partial charge in [0.1, 0.15) is 5.75 Å². The van der Waals surface area contributed by atoms with Crippen LogP contribution in [0.25, 0.3) is 0 Å². The summed E-state index contributed by atoms with van der Waals surface area (Å²) in [6, 6.07) is 8.53. The molecule has 0 aliphatic carbocycles. The van der Waals surface area contributed by atoms with Gasteiger partial charge in [0.25, 0.3) is 0 Å². The van der Waals surface area contributed by atoms with Crippen molar-refractivity contribution in [3.8, 4) is 5.75 Å². The quantitative estimate of drug-likeness (QED) is 0.922. The van der Waals surface area contributed by atoms with Crippen LogP contribution in [0.5, 0.6) is 5.75 Å². The second-order valence-electron chi connectivity index (χ2n) is 4.59. The number of ether oxygens (including phenoxy) is 1. The highest BCUT2D eigenvalue weighted by Crippen LogP contribution is 2.28. The first-order chi connectivity index (χ1) is 9.90. The summed E-state index contributed by atoms with van der Waals surface area (Å²) in [5, 5.41) is 6.56. The smallest absolute Gasteiger partial charge is 0.435 e. The molecular formula is C14H16F3N3O. The van der Waals surface area contributed by atoms with Gasteiger partial charge in [-0.25, -0.2) is 0 Å². The topological polar surface area (TPSA) is 39.1 Å². The van der Waals surface area contributed by atoms with Crippen LogP contribution in [0, 0.1) is 0 Å². The van der Waals surface area contributed by atoms with E-state index in [1.165, 1.54) is 11.7 Å². The van der Waals surface area contributed by atoms with Crippen LogP contribution in [0.2, 0.25) is 0 Å². The molecule has 7 heteroatoms. The van der Waals surface area contributed by atoms with Crippen LogP contribution in [0.4, 0.5) is 13.2 Å². The normalized spacial score (nSPS) is 11.7. The summed E-state index contributed by atoms with van der Waals surface area (Å²) in [5.41, 5.74) is 0.635. The van der Waals surface area contributed by atoms with Crippen molar-refractivity contribution < 1.29 is 17.9 Å². The third kappa shape index (κ3) is 3.98. The zero-order valence-corrected chi connectivity index (χ0v) is 11.7. The van der Waals surface area contributed by atoms with Gasteiger partial charge in [0.05, 0.1) is 12.8 Å². The largest absolute Gasteiger partial charge is 0.497 e. The molecule has 1 N–H and O–H groups in total. The van der Waals surface area contributed by atoms with Crippen LogP contribution in [0.15, 0.2) is 30.3 Å². The van der Waals surface area contributed by atoms with Gasteiger partial charge in [-0.1, -0.05) is 12.1 Å². The van der Waals surface area contributed by atoms with Gasteiger partial charge in [-0.15, -0.1) is 0 Å². The maximum Gasteiger partial charge on any atom is 0.435 e. The molecule has 4 nitrogen and oxygen atoms in total. The number of rotatable bonds is 5. The molecule has 0 bridgehead atoms. The summed E-state index contributed by atoms with van der Waals surface area (Å²) >= 11 is 0. The average Bonchev–Trinajstić information content (AvgIpc) is 2.81. The van der Waals surface area contributed by atoms with Gasteiger partial charge in [0.15, 0.2) is 5.69 Å². The Kier molecular flexibility index (Phi) is 4.52. The molecule has 0 amide bonds. The maximum atomic E-state index is 12.5. The molecule has 21 heavy (non-hydrogen) atoms. The summed E-state index contributed by atoms with van der Waals surface area (Å²) in [4.78, 5) is 0. The summed E-state index contributed by atoms with van der Waals surface area (Å²) in [7, 11) is 3.09. The lowest BCUT2D eigenvalue weighted by molar-refractivity contribution is -0.141. The van der Waals surface area contributed by atoms with E-state index in [0.717, 1.165) is 17.4 Å². The summed E-state index contributed by atoms with van der Waals surface area (Å²) < 4.78 is 43.9. The maximum absolute atomic E-state index is 12.5. The van der Waals surface area contributed by atoms with Crippen molar-refractivity contribution in [1.29, 1.82) is 0 Å². The molecule has 1 aromatic heterocycles. The van der Waals surface area contributed by atoms with Gasteiger partial charge in [-0.2, -0.15) is 18.3 Å². The molecule has 0 spiro atoms. The molecule has 0 radical (unpaired) electrons. The molecule has 0 atom stereocenters. The number of hydrogen-bond acceptors (Lipinski definition) is 3. The first-order valence-electron chi connectivity index (χ1n) is 6.34. The van der Waals surface area contributed by atoms with Gasteiger partial charge in [0.2, 0.25) is 0 Å². The van der Waals surface area contributed by atoms with E-state index < -0.39 is 11.9 Å². The predicted octanol–water partition coefficient (Wildman–Crippen LogP) is 2.74. The molecule has 0 unspecified atom stereocenters. The fraction of sp³-hybridized carbons (Fsp3) is 0.357. The SMILES string of the molecule is COc1ccc(CNCc2cc(C(F)(F)F)nn2C)cc1. The number of aromatic nitrogens is 2. The van der Waals surface area contributed by atoms with Crippen molar-refractivity contribution in [1.82, 2.24) is 15.1 Å². The van der Waals surface area contributed by atoms with E-state index in [9.17, 15) is 13.2 Å². The van der Waals surface area contributed by atoms with Crippen LogP contribution in [-0.4, -0.2) is 16.9 Å². The zero-order chi connectivity index (χ0) is 15.5. The van der Waals surface area contributed by atoms with E-state index in [4.69, 9.17) is 4.74 Å². The van der Waals surface area contributed by atoms with Gasteiger partial charge in [0, 0.05) is 20.1 Å². The molecule has 1 aromatic carbocycles. The first-order valence-corrected chi connectivity index (χ1v) is 6.34. The average molecular weight is 299 g/mol. The number of alkyl halides is 3. The Hall–Kier alpha value is -2.02. The molecule has 0 aliphatic heterocycles. The Labute approximate surface area is 120 Å². The number of nitrogens with zero attached hydrogens (tertiary/aromatic N) is 2. The van der Waals surface area contributed by atoms with E-state index >= 15 is 0 Å². The lowest BCUT2D eigenvalue weighted by atomic mass is 10.2. The Morgan fingerprint density at radius 1 is 1.19 bits per heavy atom. The Morgan fingerprint density at radius 2 is 1.86 bits per heavy atom. The van der Waals surface area contributed by atoms with Crippen molar-refractivity contribution in [2.75, 3.05) is 7.11 Å². The lowest BCUT2D eigenvalue weighted by Gasteiger charge is -2.06. The van der Waals surface area contributed by atoms with Crippen LogP contribution >= 0.6 is 0 Å². The van der Waals surface area contributed by atoms with Crippen molar-refractivity contribution >= 4 is 0 Å². The number of hydrogen-bond donors (Lipinski definition) is 1. The van der Waals surface area contributed by atoms with Crippen molar-refractivity contribution in [2.24, 2.45) is 7.05 Å². The van der Waals surface area contributed by atoms with Crippen molar-refractivity contribution in [3.05, 3.63) is 47.3 Å². The molecular weight excluding hydrogens is 283 g/mol. The number of benzene rings is 1. The Bertz CT molecular complexity index is 591. The minimum absolute atomic E-state index is 0.311. The van der Waals surface area contributed by atoms with Crippen LogP contribution < -0.4 is 10.1 Å². The zero-order valence-electron chi connectivity index (χ0n) is 11.7. The van der Waals surface area contributed by atoms with E-state index in [1.54, 1.807) is 7.11 Å². The molecule has 0 saturated carbocycles. The van der Waals surface area contributed by atoms with Crippen molar-refractivity contribution in [2.45, 2.75) is 19.3 Å². The fourth-order valence-electron chi connectivity index (χ4n) is 1.89. The number of methoxy groups -OCH3 is 1. The molecule has 0 saturated heterocycles. The minimum atomic E-state index is -4.41. The van der Waals surface area contributed by atoms with Crippen LogP contribution in [-0.2, 0) is 26.3 Å². The molecule has 0 fully saturated rings. The summed E-state index contributed by atoms with van der Waals surface area (Å²) in [6.07, 6.45) is -4.41. The number of aryl methyl sites for hydroxylation is 1. The van der Waals surface area contributed by atoms with Gasteiger partial charge in [-0.3, -0.25) is 4.68 Å². The Morgan fingerprint density at radius 3 is 2.38 bits per heavy atom. The number of halogens is 3.